The Morgan fingerprint density at radius 1 is 1.36 bits per heavy atom. The number of aliphatic carboxylic acids is 1. The number of carbonyl (C=O) groups is 1. The van der Waals surface area contributed by atoms with Crippen molar-refractivity contribution >= 4 is 5.97 Å². The van der Waals surface area contributed by atoms with Crippen LogP contribution in [0.3, 0.4) is 0 Å². The average Bonchev–Trinajstić information content (AvgIpc) is 2.11. The van der Waals surface area contributed by atoms with Gasteiger partial charge in [-0.2, -0.15) is 0 Å². The van der Waals surface area contributed by atoms with Gasteiger partial charge in [-0.25, -0.2) is 0 Å². The highest BCUT2D eigenvalue weighted by Crippen LogP contribution is 2.25. The summed E-state index contributed by atoms with van der Waals surface area (Å²) in [6.45, 7) is 0. The summed E-state index contributed by atoms with van der Waals surface area (Å²) in [7, 11) is 0. The van der Waals surface area contributed by atoms with Gasteiger partial charge >= 0.3 is 5.97 Å². The van der Waals surface area contributed by atoms with Crippen LogP contribution in [0.2, 0.25) is 0 Å². The van der Waals surface area contributed by atoms with Gasteiger partial charge in [0.15, 0.2) is 11.5 Å². The molecule has 0 saturated carbocycles. The van der Waals surface area contributed by atoms with Crippen molar-refractivity contribution in [2.75, 3.05) is 0 Å². The van der Waals surface area contributed by atoms with Crippen LogP contribution >= 0.6 is 0 Å². The molecule has 5 heteroatoms. The zero-order valence-electron chi connectivity index (χ0n) is 7.21. The van der Waals surface area contributed by atoms with Crippen LogP contribution < -0.4 is 5.73 Å². The van der Waals surface area contributed by atoms with Gasteiger partial charge in [0.25, 0.3) is 0 Å². The molecule has 75 valence electrons. The lowest BCUT2D eigenvalue weighted by Crippen LogP contribution is -2.30. The molecule has 0 fully saturated rings. The first kappa shape index (κ1) is 10.3. The number of benzene rings is 1. The number of carboxylic acid groups (broad SMARTS) is 1. The number of hydrogen-bond donors (Lipinski definition) is 4. The van der Waals surface area contributed by atoms with Crippen molar-refractivity contribution in [2.45, 2.75) is 6.04 Å². The Hall–Kier alpha value is -1.75. The summed E-state index contributed by atoms with van der Waals surface area (Å²) in [6, 6.07) is 2.82. The van der Waals surface area contributed by atoms with Gasteiger partial charge in [-0.3, -0.25) is 4.79 Å². The number of phenols is 2. The molecule has 5 nitrogen and oxygen atoms in total. The summed E-state index contributed by atoms with van der Waals surface area (Å²) in [5.74, 6) is -1.72. The van der Waals surface area contributed by atoms with Crippen molar-refractivity contribution in [2.24, 2.45) is 5.73 Å². The lowest BCUT2D eigenvalue weighted by atomic mass is 10.1. The predicted octanol–water partition coefficient (Wildman–Crippen LogP) is 0.0621. The van der Waals surface area contributed by atoms with Crippen LogP contribution in [-0.2, 0) is 4.79 Å². The standard InChI is InChI=1S/C9H10NO4/c10-6(9(13)14)3-5-1-2-7(11)8(12)4-5/h1-4,6,11-12H,10H2,(H,13,14). The maximum atomic E-state index is 10.4. The summed E-state index contributed by atoms with van der Waals surface area (Å²) in [4.78, 5) is 10.4. The first-order valence-corrected chi connectivity index (χ1v) is 3.86. The highest BCUT2D eigenvalue weighted by atomic mass is 16.4. The average molecular weight is 196 g/mol. The molecule has 1 unspecified atom stereocenters. The van der Waals surface area contributed by atoms with E-state index in [0.29, 0.717) is 5.56 Å². The normalized spacial score (nSPS) is 12.4. The molecule has 0 aromatic heterocycles. The molecule has 0 bridgehead atoms. The molecule has 0 saturated heterocycles. The molecule has 0 aliphatic carbocycles. The molecule has 14 heavy (non-hydrogen) atoms. The fraction of sp³-hybridized carbons (Fsp3) is 0.111. The van der Waals surface area contributed by atoms with E-state index in [9.17, 15) is 4.79 Å². The lowest BCUT2D eigenvalue weighted by molar-refractivity contribution is -0.137. The zero-order valence-corrected chi connectivity index (χ0v) is 7.21. The van der Waals surface area contributed by atoms with Gasteiger partial charge in [-0.15, -0.1) is 0 Å². The fourth-order valence-corrected chi connectivity index (χ4v) is 0.923. The predicted molar refractivity (Wildman–Crippen MR) is 48.8 cm³/mol. The third-order valence-corrected chi connectivity index (χ3v) is 1.66. The van der Waals surface area contributed by atoms with E-state index >= 15 is 0 Å². The maximum Gasteiger partial charge on any atom is 0.321 e. The third-order valence-electron chi connectivity index (χ3n) is 1.66. The van der Waals surface area contributed by atoms with Crippen molar-refractivity contribution in [3.05, 3.63) is 30.2 Å². The maximum absolute atomic E-state index is 10.4. The van der Waals surface area contributed by atoms with Crippen LogP contribution in [0.25, 0.3) is 0 Å². The Balaban J connectivity index is 2.78. The largest absolute Gasteiger partial charge is 0.504 e. The molecule has 0 aliphatic rings. The first-order chi connectivity index (χ1) is 6.50. The second-order valence-electron chi connectivity index (χ2n) is 2.78. The molecule has 0 heterocycles. The molecular weight excluding hydrogens is 186 g/mol. The zero-order chi connectivity index (χ0) is 10.7. The van der Waals surface area contributed by atoms with Gasteiger partial charge in [0.2, 0.25) is 0 Å². The molecule has 1 atom stereocenters. The van der Waals surface area contributed by atoms with Gasteiger partial charge in [0.05, 0.1) is 0 Å². The Labute approximate surface area is 80.4 Å². The number of hydrogen-bond acceptors (Lipinski definition) is 4. The second kappa shape index (κ2) is 3.97. The lowest BCUT2D eigenvalue weighted by Gasteiger charge is -2.06. The highest BCUT2D eigenvalue weighted by molar-refractivity contribution is 5.76. The smallest absolute Gasteiger partial charge is 0.321 e. The third kappa shape index (κ3) is 2.37. The number of carboxylic acids is 1. The van der Waals surface area contributed by atoms with E-state index in [0.717, 1.165) is 0 Å². The van der Waals surface area contributed by atoms with Crippen molar-refractivity contribution in [3.63, 3.8) is 0 Å². The van der Waals surface area contributed by atoms with Crippen LogP contribution in [-0.4, -0.2) is 27.3 Å². The number of nitrogens with two attached hydrogens (primary N) is 1. The van der Waals surface area contributed by atoms with Crippen LogP contribution in [0.1, 0.15) is 5.56 Å². The SMILES string of the molecule is NC([CH]c1ccc(O)c(O)c1)C(=O)O. The van der Waals surface area contributed by atoms with Gasteiger partial charge in [-0.05, 0) is 17.7 Å². The monoisotopic (exact) mass is 196 g/mol. The molecule has 1 rings (SSSR count). The Morgan fingerprint density at radius 2 is 2.00 bits per heavy atom. The van der Waals surface area contributed by atoms with Crippen LogP contribution in [0.15, 0.2) is 18.2 Å². The summed E-state index contributed by atoms with van der Waals surface area (Å²) in [5.41, 5.74) is 5.68. The first-order valence-electron chi connectivity index (χ1n) is 3.86. The summed E-state index contributed by atoms with van der Waals surface area (Å²) in [5, 5.41) is 26.6. The quantitative estimate of drug-likeness (QED) is 0.512. The molecule has 0 amide bonds. The Morgan fingerprint density at radius 3 is 2.50 bits per heavy atom. The van der Waals surface area contributed by atoms with Gasteiger partial charge < -0.3 is 21.1 Å². The van der Waals surface area contributed by atoms with Crippen molar-refractivity contribution < 1.29 is 20.1 Å². The van der Waals surface area contributed by atoms with E-state index in [-0.39, 0.29) is 11.5 Å². The van der Waals surface area contributed by atoms with E-state index in [1.54, 1.807) is 0 Å². The Kier molecular flexibility index (Phi) is 2.93. The number of rotatable bonds is 3. The van der Waals surface area contributed by atoms with E-state index in [4.69, 9.17) is 21.1 Å². The van der Waals surface area contributed by atoms with Crippen LogP contribution in [0, 0.1) is 6.42 Å². The highest BCUT2D eigenvalue weighted by Gasteiger charge is 2.13. The van der Waals surface area contributed by atoms with Gasteiger partial charge in [0.1, 0.15) is 6.04 Å². The van der Waals surface area contributed by atoms with Gasteiger partial charge in [-0.1, -0.05) is 6.07 Å². The minimum Gasteiger partial charge on any atom is -0.504 e. The van der Waals surface area contributed by atoms with E-state index in [1.165, 1.54) is 24.6 Å². The van der Waals surface area contributed by atoms with Crippen molar-refractivity contribution in [3.8, 4) is 11.5 Å². The number of aromatic hydroxyl groups is 2. The minimum atomic E-state index is -1.16. The van der Waals surface area contributed by atoms with Gasteiger partial charge in [0, 0.05) is 6.42 Å². The molecule has 1 aromatic carbocycles. The summed E-state index contributed by atoms with van der Waals surface area (Å²) < 4.78 is 0. The molecule has 5 N–H and O–H groups in total. The molecule has 0 spiro atoms. The topological polar surface area (TPSA) is 104 Å². The van der Waals surface area contributed by atoms with E-state index in [1.807, 2.05) is 0 Å². The van der Waals surface area contributed by atoms with E-state index < -0.39 is 12.0 Å². The van der Waals surface area contributed by atoms with Crippen molar-refractivity contribution in [1.82, 2.24) is 0 Å². The van der Waals surface area contributed by atoms with Crippen LogP contribution in [0.5, 0.6) is 11.5 Å². The Bertz CT molecular complexity index is 351. The fourth-order valence-electron chi connectivity index (χ4n) is 0.923. The van der Waals surface area contributed by atoms with E-state index in [2.05, 4.69) is 0 Å². The molecule has 1 aromatic rings. The molecule has 1 radical (unpaired) electrons. The molecule has 0 aliphatic heterocycles. The summed E-state index contributed by atoms with van der Waals surface area (Å²) in [6.07, 6.45) is 1.27. The van der Waals surface area contributed by atoms with Crippen LogP contribution in [0.4, 0.5) is 0 Å². The molecular formula is C9H10NO4. The second-order valence-corrected chi connectivity index (χ2v) is 2.78. The summed E-state index contributed by atoms with van der Waals surface area (Å²) >= 11 is 0. The van der Waals surface area contributed by atoms with Crippen molar-refractivity contribution in [1.29, 1.82) is 0 Å². The number of phenolic OH excluding ortho intramolecular Hbond substituents is 2. The minimum absolute atomic E-state index is 0.258.